The smallest absolute Gasteiger partial charge is 0.0699 e. The van der Waals surface area contributed by atoms with Crippen LogP contribution in [-0.4, -0.2) is 5.71 Å². The van der Waals surface area contributed by atoms with Gasteiger partial charge in [0.25, 0.3) is 0 Å². The van der Waals surface area contributed by atoms with E-state index in [-0.39, 0.29) is 0 Å². The predicted molar refractivity (Wildman–Crippen MR) is 66.5 cm³/mol. The molecule has 1 aliphatic heterocycles. The Bertz CT molecular complexity index is 453. The monoisotopic (exact) mass is 201 g/mol. The first kappa shape index (κ1) is 10.4. The molecule has 0 N–H and O–H groups in total. The molecular weight excluding hydrogens is 182 g/mol. The molecule has 2 rings (SSSR count). The van der Waals surface area contributed by atoms with E-state index in [1.54, 1.807) is 0 Å². The Morgan fingerprint density at radius 2 is 1.53 bits per heavy atom. The van der Waals surface area contributed by atoms with Crippen LogP contribution in [0.1, 0.15) is 41.2 Å². The first-order valence-corrected chi connectivity index (χ1v) is 5.71. The van der Waals surface area contributed by atoms with Gasteiger partial charge in [-0.2, -0.15) is 0 Å². The summed E-state index contributed by atoms with van der Waals surface area (Å²) in [5, 5.41) is 0. The van der Waals surface area contributed by atoms with Crippen LogP contribution >= 0.6 is 0 Å². The van der Waals surface area contributed by atoms with Gasteiger partial charge in [0.15, 0.2) is 0 Å². The molecule has 80 valence electrons. The average Bonchev–Trinajstić information content (AvgIpc) is 2.67. The first-order valence-electron chi connectivity index (χ1n) is 5.71. The van der Waals surface area contributed by atoms with Gasteiger partial charge in [-0.15, -0.1) is 0 Å². The number of hydrogen-bond acceptors (Lipinski definition) is 1. The molecule has 15 heavy (non-hydrogen) atoms. The van der Waals surface area contributed by atoms with Crippen LogP contribution in [-0.2, 0) is 6.42 Å². The summed E-state index contributed by atoms with van der Waals surface area (Å²) in [7, 11) is 0. The zero-order valence-corrected chi connectivity index (χ0v) is 10.4. The van der Waals surface area contributed by atoms with Crippen LogP contribution in [0, 0.1) is 27.7 Å². The van der Waals surface area contributed by atoms with Gasteiger partial charge in [-0.25, -0.2) is 0 Å². The minimum Gasteiger partial charge on any atom is -0.257 e. The van der Waals surface area contributed by atoms with Gasteiger partial charge in [-0.1, -0.05) is 6.92 Å². The first-order chi connectivity index (χ1) is 7.06. The van der Waals surface area contributed by atoms with Gasteiger partial charge in [0.1, 0.15) is 0 Å². The lowest BCUT2D eigenvalue weighted by Crippen LogP contribution is -1.99. The minimum atomic E-state index is 1.07. The summed E-state index contributed by atoms with van der Waals surface area (Å²) in [6, 6.07) is 0. The number of rotatable bonds is 1. The van der Waals surface area contributed by atoms with Crippen molar-refractivity contribution < 1.29 is 0 Å². The molecule has 0 aromatic heterocycles. The summed E-state index contributed by atoms with van der Waals surface area (Å²) in [6.45, 7) is 11.0. The lowest BCUT2D eigenvalue weighted by molar-refractivity contribution is 1.16. The molecule has 0 bridgehead atoms. The van der Waals surface area contributed by atoms with Crippen molar-refractivity contribution in [1.29, 1.82) is 0 Å². The molecule has 0 unspecified atom stereocenters. The molecule has 1 aromatic carbocycles. The van der Waals surface area contributed by atoms with Crippen LogP contribution in [0.3, 0.4) is 0 Å². The maximum atomic E-state index is 4.75. The van der Waals surface area contributed by atoms with E-state index in [1.807, 2.05) is 0 Å². The van der Waals surface area contributed by atoms with E-state index >= 15 is 0 Å². The summed E-state index contributed by atoms with van der Waals surface area (Å²) >= 11 is 0. The summed E-state index contributed by atoms with van der Waals surface area (Å²) in [5.74, 6) is 0. The van der Waals surface area contributed by atoms with Crippen molar-refractivity contribution >= 4 is 11.4 Å². The van der Waals surface area contributed by atoms with Gasteiger partial charge in [0.2, 0.25) is 0 Å². The minimum absolute atomic E-state index is 1.07. The van der Waals surface area contributed by atoms with Crippen molar-refractivity contribution in [2.75, 3.05) is 0 Å². The van der Waals surface area contributed by atoms with Crippen LogP contribution < -0.4 is 0 Å². The second-order valence-electron chi connectivity index (χ2n) is 4.54. The number of benzene rings is 1. The Morgan fingerprint density at radius 3 is 2.13 bits per heavy atom. The van der Waals surface area contributed by atoms with E-state index in [4.69, 9.17) is 4.99 Å². The highest BCUT2D eigenvalue weighted by Gasteiger charge is 2.20. The average molecular weight is 201 g/mol. The fraction of sp³-hybridized carbons (Fsp3) is 0.500. The van der Waals surface area contributed by atoms with Crippen molar-refractivity contribution in [3.8, 4) is 0 Å². The third-order valence-electron chi connectivity index (χ3n) is 3.84. The van der Waals surface area contributed by atoms with Crippen molar-refractivity contribution in [2.24, 2.45) is 4.99 Å². The lowest BCUT2D eigenvalue weighted by Gasteiger charge is -2.13. The summed E-state index contributed by atoms with van der Waals surface area (Å²) in [6.07, 6.45) is 2.14. The molecule has 1 nitrogen and oxygen atoms in total. The third kappa shape index (κ3) is 1.41. The fourth-order valence-electron chi connectivity index (χ4n) is 2.34. The van der Waals surface area contributed by atoms with Crippen LogP contribution in [0.25, 0.3) is 0 Å². The summed E-state index contributed by atoms with van der Waals surface area (Å²) < 4.78 is 0. The fourth-order valence-corrected chi connectivity index (χ4v) is 2.34. The molecule has 0 fully saturated rings. The molecule has 0 spiro atoms. The highest BCUT2D eigenvalue weighted by Crippen LogP contribution is 2.37. The quantitative estimate of drug-likeness (QED) is 0.652. The molecule has 0 radical (unpaired) electrons. The normalized spacial score (nSPS) is 14.1. The number of fused-ring (bicyclic) bond motifs is 1. The van der Waals surface area contributed by atoms with Gasteiger partial charge >= 0.3 is 0 Å². The molecule has 0 aliphatic carbocycles. The Labute approximate surface area is 92.2 Å². The van der Waals surface area contributed by atoms with Crippen molar-refractivity contribution in [3.63, 3.8) is 0 Å². The number of hydrogen-bond donors (Lipinski definition) is 0. The molecule has 1 heterocycles. The van der Waals surface area contributed by atoms with E-state index in [0.29, 0.717) is 0 Å². The molecule has 0 atom stereocenters. The van der Waals surface area contributed by atoms with E-state index in [0.717, 1.165) is 12.8 Å². The van der Waals surface area contributed by atoms with Crippen LogP contribution in [0.4, 0.5) is 5.69 Å². The second-order valence-corrected chi connectivity index (χ2v) is 4.54. The van der Waals surface area contributed by atoms with Gasteiger partial charge < -0.3 is 0 Å². The van der Waals surface area contributed by atoms with E-state index in [2.05, 4.69) is 34.6 Å². The van der Waals surface area contributed by atoms with Crippen LogP contribution in [0.5, 0.6) is 0 Å². The number of aliphatic imine (C=N–C) groups is 1. The molecule has 0 amide bonds. The maximum absolute atomic E-state index is 4.75. The van der Waals surface area contributed by atoms with E-state index < -0.39 is 0 Å². The second kappa shape index (κ2) is 3.48. The van der Waals surface area contributed by atoms with E-state index in [1.165, 1.54) is 39.2 Å². The third-order valence-corrected chi connectivity index (χ3v) is 3.84. The maximum Gasteiger partial charge on any atom is 0.0699 e. The largest absolute Gasteiger partial charge is 0.257 e. The Balaban J connectivity index is 2.68. The summed E-state index contributed by atoms with van der Waals surface area (Å²) in [4.78, 5) is 4.75. The van der Waals surface area contributed by atoms with Crippen molar-refractivity contribution in [3.05, 3.63) is 27.8 Å². The lowest BCUT2D eigenvalue weighted by atomic mass is 9.91. The Hall–Kier alpha value is -1.11. The van der Waals surface area contributed by atoms with Crippen LogP contribution in [0.15, 0.2) is 4.99 Å². The van der Waals surface area contributed by atoms with Crippen LogP contribution in [0.2, 0.25) is 0 Å². The zero-order chi connectivity index (χ0) is 11.2. The molecule has 0 saturated heterocycles. The SMILES string of the molecule is CCC1=Nc2c(C)c(C)c(C)c(C)c2C1. The van der Waals surface area contributed by atoms with Gasteiger partial charge in [0, 0.05) is 12.1 Å². The van der Waals surface area contributed by atoms with Crippen molar-refractivity contribution in [1.82, 2.24) is 0 Å². The zero-order valence-electron chi connectivity index (χ0n) is 10.4. The van der Waals surface area contributed by atoms with E-state index in [9.17, 15) is 0 Å². The highest BCUT2D eigenvalue weighted by atomic mass is 14.8. The van der Waals surface area contributed by atoms with Gasteiger partial charge in [0.05, 0.1) is 5.69 Å². The van der Waals surface area contributed by atoms with Crippen molar-refractivity contribution in [2.45, 2.75) is 47.5 Å². The molecular formula is C14H19N. The standard InChI is InChI=1S/C14H19N/c1-6-12-7-13-10(4)8(2)9(3)11(5)14(13)15-12/h6-7H2,1-5H3. The Kier molecular flexibility index (Phi) is 2.41. The predicted octanol–water partition coefficient (Wildman–Crippen LogP) is 3.96. The molecule has 1 aromatic rings. The topological polar surface area (TPSA) is 12.4 Å². The van der Waals surface area contributed by atoms with Gasteiger partial charge in [-0.3, -0.25) is 4.99 Å². The highest BCUT2D eigenvalue weighted by molar-refractivity contribution is 5.95. The molecule has 1 heteroatoms. The Morgan fingerprint density at radius 1 is 0.933 bits per heavy atom. The molecule has 1 aliphatic rings. The molecule has 0 saturated carbocycles. The number of nitrogens with zero attached hydrogens (tertiary/aromatic N) is 1. The summed E-state index contributed by atoms with van der Waals surface area (Å²) in [5.41, 5.74) is 9.73. The van der Waals surface area contributed by atoms with Gasteiger partial charge in [-0.05, 0) is 61.9 Å².